The Labute approximate surface area is 131 Å². The van der Waals surface area contributed by atoms with Crippen LogP contribution in [-0.4, -0.2) is 40.7 Å². The van der Waals surface area contributed by atoms with Crippen LogP contribution in [0, 0.1) is 5.41 Å². The average Bonchev–Trinajstić information content (AvgIpc) is 2.88. The van der Waals surface area contributed by atoms with Crippen molar-refractivity contribution in [1.29, 1.82) is 0 Å². The summed E-state index contributed by atoms with van der Waals surface area (Å²) < 4.78 is 0. The Morgan fingerprint density at radius 2 is 1.90 bits per heavy atom. The van der Waals surface area contributed by atoms with E-state index in [0.29, 0.717) is 18.1 Å². The van der Waals surface area contributed by atoms with Crippen molar-refractivity contribution in [2.45, 2.75) is 64.2 Å². The van der Waals surface area contributed by atoms with Crippen LogP contribution in [0.2, 0.25) is 0 Å². The molecule has 21 heavy (non-hydrogen) atoms. The topological polar surface area (TPSA) is 78.4 Å². The van der Waals surface area contributed by atoms with Gasteiger partial charge in [-0.3, -0.25) is 4.79 Å². The van der Waals surface area contributed by atoms with Crippen molar-refractivity contribution in [2.24, 2.45) is 5.41 Å². The number of nitrogens with one attached hydrogen (secondary N) is 2. The highest BCUT2D eigenvalue weighted by Gasteiger charge is 2.35. The van der Waals surface area contributed by atoms with Crippen LogP contribution in [-0.2, 0) is 4.79 Å². The van der Waals surface area contributed by atoms with Gasteiger partial charge in [0.25, 0.3) is 0 Å². The molecule has 1 saturated carbocycles. The maximum atomic E-state index is 11.9. The zero-order valence-corrected chi connectivity index (χ0v) is 14.1. The first-order valence-electron chi connectivity index (χ1n) is 7.86. The van der Waals surface area contributed by atoms with E-state index in [9.17, 15) is 14.7 Å². The maximum absolute atomic E-state index is 11.9. The normalized spacial score (nSPS) is 22.0. The number of hydrogen-bond donors (Lipinski definition) is 3. The second-order valence-corrected chi connectivity index (χ2v) is 7.28. The summed E-state index contributed by atoms with van der Waals surface area (Å²) in [5, 5.41) is 15.7. The number of carbonyl (C=O) groups is 2. The lowest BCUT2D eigenvalue weighted by molar-refractivity contribution is -0.149. The third-order valence-electron chi connectivity index (χ3n) is 4.52. The zero-order chi connectivity index (χ0) is 15.9. The third-order valence-corrected chi connectivity index (χ3v) is 5.75. The van der Waals surface area contributed by atoms with Crippen LogP contribution in [0.5, 0.6) is 0 Å². The Bertz CT molecular complexity index is 359. The van der Waals surface area contributed by atoms with Crippen LogP contribution in [0.25, 0.3) is 0 Å². The number of carboxylic acid groups (broad SMARTS) is 1. The van der Waals surface area contributed by atoms with E-state index >= 15 is 0 Å². The molecular formula is C15H28N2O3S. The standard InChI is InChI=1S/C15H28N2O3S/c1-4-15(5-2,13(18)19)10-16-14(20)17-11-7-8-12(9-11)21-6-3/h11-12H,4-10H2,1-3H3,(H,18,19)(H2,16,17,20). The molecule has 0 heterocycles. The van der Waals surface area contributed by atoms with Gasteiger partial charge in [-0.15, -0.1) is 0 Å². The highest BCUT2D eigenvalue weighted by Crippen LogP contribution is 2.29. The first-order valence-corrected chi connectivity index (χ1v) is 8.91. The van der Waals surface area contributed by atoms with Crippen LogP contribution in [0.1, 0.15) is 52.9 Å². The second-order valence-electron chi connectivity index (χ2n) is 5.71. The molecule has 0 aromatic carbocycles. The molecule has 0 saturated heterocycles. The van der Waals surface area contributed by atoms with E-state index in [-0.39, 0.29) is 18.6 Å². The van der Waals surface area contributed by atoms with E-state index in [1.54, 1.807) is 0 Å². The van der Waals surface area contributed by atoms with Crippen molar-refractivity contribution in [3.63, 3.8) is 0 Å². The van der Waals surface area contributed by atoms with Crippen molar-refractivity contribution < 1.29 is 14.7 Å². The predicted molar refractivity (Wildman–Crippen MR) is 86.7 cm³/mol. The van der Waals surface area contributed by atoms with Crippen molar-refractivity contribution in [3.8, 4) is 0 Å². The molecule has 1 fully saturated rings. The van der Waals surface area contributed by atoms with Crippen molar-refractivity contribution in [1.82, 2.24) is 10.6 Å². The molecule has 2 unspecified atom stereocenters. The maximum Gasteiger partial charge on any atom is 0.315 e. The van der Waals surface area contributed by atoms with Gasteiger partial charge in [-0.1, -0.05) is 20.8 Å². The van der Waals surface area contributed by atoms with Crippen LogP contribution >= 0.6 is 11.8 Å². The summed E-state index contributed by atoms with van der Waals surface area (Å²) in [6.07, 6.45) is 4.19. The monoisotopic (exact) mass is 316 g/mol. The van der Waals surface area contributed by atoms with E-state index < -0.39 is 11.4 Å². The Kier molecular flexibility index (Phi) is 7.35. The molecule has 1 aliphatic carbocycles. The van der Waals surface area contributed by atoms with E-state index in [2.05, 4.69) is 17.6 Å². The molecule has 0 aromatic rings. The smallest absolute Gasteiger partial charge is 0.315 e. The summed E-state index contributed by atoms with van der Waals surface area (Å²) in [5.41, 5.74) is -0.854. The molecule has 3 N–H and O–H groups in total. The molecule has 122 valence electrons. The Balaban J connectivity index is 2.39. The Hall–Kier alpha value is -0.910. The highest BCUT2D eigenvalue weighted by molar-refractivity contribution is 7.99. The zero-order valence-electron chi connectivity index (χ0n) is 13.3. The first kappa shape index (κ1) is 18.1. The molecule has 0 aliphatic heterocycles. The lowest BCUT2D eigenvalue weighted by atomic mass is 9.82. The van der Waals surface area contributed by atoms with Gasteiger partial charge in [-0.2, -0.15) is 11.8 Å². The first-order chi connectivity index (χ1) is 9.97. The van der Waals surface area contributed by atoms with Gasteiger partial charge in [-0.25, -0.2) is 4.79 Å². The largest absolute Gasteiger partial charge is 0.481 e. The number of amides is 2. The van der Waals surface area contributed by atoms with Crippen LogP contribution in [0.4, 0.5) is 4.79 Å². The van der Waals surface area contributed by atoms with Gasteiger partial charge in [0.15, 0.2) is 0 Å². The second kappa shape index (κ2) is 8.51. The fraction of sp³-hybridized carbons (Fsp3) is 0.867. The number of hydrogen-bond acceptors (Lipinski definition) is 3. The van der Waals surface area contributed by atoms with Gasteiger partial charge >= 0.3 is 12.0 Å². The summed E-state index contributed by atoms with van der Waals surface area (Å²) in [6.45, 7) is 6.03. The summed E-state index contributed by atoms with van der Waals surface area (Å²) in [4.78, 5) is 23.3. The van der Waals surface area contributed by atoms with Crippen LogP contribution in [0.3, 0.4) is 0 Å². The SMILES string of the molecule is CCSC1CCC(NC(=O)NCC(CC)(CC)C(=O)O)C1. The minimum Gasteiger partial charge on any atom is -0.481 e. The molecule has 2 atom stereocenters. The van der Waals surface area contributed by atoms with Gasteiger partial charge < -0.3 is 15.7 Å². The Morgan fingerprint density at radius 3 is 2.43 bits per heavy atom. The predicted octanol–water partition coefficient (Wildman–Crippen LogP) is 2.85. The molecule has 0 radical (unpaired) electrons. The van der Waals surface area contributed by atoms with E-state index in [0.717, 1.165) is 25.0 Å². The van der Waals surface area contributed by atoms with Crippen molar-refractivity contribution in [3.05, 3.63) is 0 Å². The number of aliphatic carboxylic acids is 1. The number of thioether (sulfide) groups is 1. The molecule has 1 rings (SSSR count). The van der Waals surface area contributed by atoms with Gasteiger partial charge in [0.1, 0.15) is 0 Å². The molecule has 1 aliphatic rings. The van der Waals surface area contributed by atoms with Gasteiger partial charge in [0, 0.05) is 17.8 Å². The molecule has 0 spiro atoms. The third kappa shape index (κ3) is 5.09. The summed E-state index contributed by atoms with van der Waals surface area (Å²) >= 11 is 1.95. The molecule has 2 amide bonds. The van der Waals surface area contributed by atoms with Gasteiger partial charge in [0.2, 0.25) is 0 Å². The van der Waals surface area contributed by atoms with E-state index in [1.165, 1.54) is 0 Å². The lowest BCUT2D eigenvalue weighted by Gasteiger charge is -2.27. The molecular weight excluding hydrogens is 288 g/mol. The number of carbonyl (C=O) groups excluding carboxylic acids is 1. The number of carboxylic acids is 1. The highest BCUT2D eigenvalue weighted by atomic mass is 32.2. The van der Waals surface area contributed by atoms with Gasteiger partial charge in [-0.05, 0) is 37.9 Å². The quantitative estimate of drug-likeness (QED) is 0.643. The Morgan fingerprint density at radius 1 is 1.24 bits per heavy atom. The van der Waals surface area contributed by atoms with Crippen LogP contribution in [0.15, 0.2) is 0 Å². The molecule has 5 nitrogen and oxygen atoms in total. The van der Waals surface area contributed by atoms with E-state index in [4.69, 9.17) is 0 Å². The minimum atomic E-state index is -0.854. The van der Waals surface area contributed by atoms with Crippen molar-refractivity contribution >= 4 is 23.8 Å². The summed E-state index contributed by atoms with van der Waals surface area (Å²) in [6, 6.07) is -0.0220. The summed E-state index contributed by atoms with van der Waals surface area (Å²) in [7, 11) is 0. The average molecular weight is 316 g/mol. The van der Waals surface area contributed by atoms with Crippen LogP contribution < -0.4 is 10.6 Å². The fourth-order valence-electron chi connectivity index (χ4n) is 2.82. The van der Waals surface area contributed by atoms with E-state index in [1.807, 2.05) is 25.6 Å². The number of rotatable bonds is 8. The van der Waals surface area contributed by atoms with Crippen molar-refractivity contribution in [2.75, 3.05) is 12.3 Å². The number of urea groups is 1. The molecule has 6 heteroatoms. The molecule has 0 aromatic heterocycles. The minimum absolute atomic E-state index is 0.182. The van der Waals surface area contributed by atoms with Gasteiger partial charge in [0.05, 0.1) is 5.41 Å². The summed E-state index contributed by atoms with van der Waals surface area (Å²) in [5.74, 6) is 0.269. The fourth-order valence-corrected chi connectivity index (χ4v) is 3.96. The molecule has 0 bridgehead atoms. The lowest BCUT2D eigenvalue weighted by Crippen LogP contribution is -2.47.